The van der Waals surface area contributed by atoms with E-state index in [0.717, 1.165) is 34.2 Å². The van der Waals surface area contributed by atoms with Crippen molar-refractivity contribution in [2.45, 2.75) is 25.4 Å². The molecule has 5 heteroatoms. The molecule has 1 saturated heterocycles. The topological polar surface area (TPSA) is 45.5 Å². The number of hydrogen-bond donors (Lipinski definition) is 1. The van der Waals surface area contributed by atoms with E-state index in [4.69, 9.17) is 4.42 Å². The van der Waals surface area contributed by atoms with Gasteiger partial charge in [-0.15, -0.1) is 0 Å². The molecule has 1 N–H and O–H groups in total. The first-order valence-electron chi connectivity index (χ1n) is 6.74. The quantitative estimate of drug-likeness (QED) is 0.936. The van der Waals surface area contributed by atoms with Gasteiger partial charge in [0.2, 0.25) is 5.91 Å². The molecule has 1 aromatic heterocycles. The molecule has 4 nitrogen and oxygen atoms in total. The highest BCUT2D eigenvalue weighted by Crippen LogP contribution is 2.27. The van der Waals surface area contributed by atoms with Crippen LogP contribution in [0.4, 0.5) is 0 Å². The molecular weight excluding hydrogens is 320 g/mol. The molecule has 1 fully saturated rings. The summed E-state index contributed by atoms with van der Waals surface area (Å²) in [6.45, 7) is 2.84. The van der Waals surface area contributed by atoms with E-state index in [2.05, 4.69) is 21.2 Å². The Kier molecular flexibility index (Phi) is 3.56. The largest absolute Gasteiger partial charge is 0.459 e. The molecule has 2 heterocycles. The average molecular weight is 337 g/mol. The number of carbonyl (C=O) groups is 1. The Morgan fingerprint density at radius 3 is 2.95 bits per heavy atom. The molecular formula is C15H17BrN2O2. The monoisotopic (exact) mass is 336 g/mol. The summed E-state index contributed by atoms with van der Waals surface area (Å²) in [7, 11) is 1.84. The molecule has 2 unspecified atom stereocenters. The Morgan fingerprint density at radius 2 is 2.25 bits per heavy atom. The molecule has 0 radical (unpaired) electrons. The molecule has 3 rings (SSSR count). The summed E-state index contributed by atoms with van der Waals surface area (Å²) in [6.07, 6.45) is 0.853. The zero-order valence-electron chi connectivity index (χ0n) is 11.5. The Labute approximate surface area is 126 Å². The maximum absolute atomic E-state index is 11.9. The van der Waals surface area contributed by atoms with E-state index < -0.39 is 0 Å². The lowest BCUT2D eigenvalue weighted by molar-refractivity contribution is -0.128. The van der Waals surface area contributed by atoms with Crippen LogP contribution in [0.2, 0.25) is 0 Å². The number of furan rings is 1. The number of hydrogen-bond acceptors (Lipinski definition) is 3. The van der Waals surface area contributed by atoms with Gasteiger partial charge in [-0.1, -0.05) is 15.9 Å². The summed E-state index contributed by atoms with van der Waals surface area (Å²) in [5.74, 6) is 1.02. The molecule has 2 atom stereocenters. The Hall–Kier alpha value is -1.33. The average Bonchev–Trinajstić information content (AvgIpc) is 2.96. The first kappa shape index (κ1) is 13.6. The molecule has 1 aliphatic rings. The minimum absolute atomic E-state index is 0.0154. The SMILES string of the molecule is CC(NC1CCN(C)C1=O)c1cc2cc(Br)ccc2o1. The number of benzene rings is 1. The zero-order chi connectivity index (χ0) is 14.3. The summed E-state index contributed by atoms with van der Waals surface area (Å²) in [4.78, 5) is 13.7. The van der Waals surface area contributed by atoms with Gasteiger partial charge in [-0.2, -0.15) is 0 Å². The van der Waals surface area contributed by atoms with Gasteiger partial charge in [0.1, 0.15) is 11.3 Å². The van der Waals surface area contributed by atoms with E-state index in [1.807, 2.05) is 38.2 Å². The minimum atomic E-state index is -0.102. The van der Waals surface area contributed by atoms with Gasteiger partial charge in [0.15, 0.2) is 0 Å². The summed E-state index contributed by atoms with van der Waals surface area (Å²) in [6, 6.07) is 7.88. The number of likely N-dealkylation sites (tertiary alicyclic amines) is 1. The van der Waals surface area contributed by atoms with Crippen molar-refractivity contribution in [1.82, 2.24) is 10.2 Å². The van der Waals surface area contributed by atoms with E-state index in [1.165, 1.54) is 0 Å². The van der Waals surface area contributed by atoms with Crippen molar-refractivity contribution in [3.63, 3.8) is 0 Å². The number of nitrogens with zero attached hydrogens (tertiary/aromatic N) is 1. The fourth-order valence-electron chi connectivity index (χ4n) is 2.61. The maximum Gasteiger partial charge on any atom is 0.239 e. The van der Waals surface area contributed by atoms with Gasteiger partial charge in [0, 0.05) is 23.5 Å². The van der Waals surface area contributed by atoms with E-state index in [-0.39, 0.29) is 18.0 Å². The maximum atomic E-state index is 11.9. The number of carbonyl (C=O) groups excluding carboxylic acids is 1. The van der Waals surface area contributed by atoms with Crippen molar-refractivity contribution in [2.24, 2.45) is 0 Å². The standard InChI is InChI=1S/C15H17BrN2O2/c1-9(17-12-5-6-18(2)15(12)19)14-8-10-7-11(16)3-4-13(10)20-14/h3-4,7-9,12,17H,5-6H2,1-2H3. The Morgan fingerprint density at radius 1 is 1.45 bits per heavy atom. The number of rotatable bonds is 3. The van der Waals surface area contributed by atoms with Gasteiger partial charge in [-0.25, -0.2) is 0 Å². The van der Waals surface area contributed by atoms with Crippen LogP contribution in [-0.4, -0.2) is 30.4 Å². The molecule has 1 aromatic carbocycles. The Bertz CT molecular complexity index is 652. The third-order valence-electron chi connectivity index (χ3n) is 3.80. The number of halogens is 1. The lowest BCUT2D eigenvalue weighted by Crippen LogP contribution is -2.38. The third-order valence-corrected chi connectivity index (χ3v) is 4.30. The van der Waals surface area contributed by atoms with Crippen LogP contribution in [-0.2, 0) is 4.79 Å². The van der Waals surface area contributed by atoms with Crippen LogP contribution in [0, 0.1) is 0 Å². The number of nitrogens with one attached hydrogen (secondary N) is 1. The molecule has 20 heavy (non-hydrogen) atoms. The highest BCUT2D eigenvalue weighted by molar-refractivity contribution is 9.10. The molecule has 0 bridgehead atoms. The van der Waals surface area contributed by atoms with Crippen LogP contribution in [0.25, 0.3) is 11.0 Å². The Balaban J connectivity index is 1.78. The normalized spacial score (nSPS) is 20.9. The van der Waals surface area contributed by atoms with Crippen molar-refractivity contribution >= 4 is 32.8 Å². The highest BCUT2D eigenvalue weighted by atomic mass is 79.9. The van der Waals surface area contributed by atoms with Gasteiger partial charge in [0.05, 0.1) is 12.1 Å². The number of fused-ring (bicyclic) bond motifs is 1. The van der Waals surface area contributed by atoms with Gasteiger partial charge in [-0.3, -0.25) is 10.1 Å². The summed E-state index contributed by atoms with van der Waals surface area (Å²) in [5, 5.41) is 4.42. The lowest BCUT2D eigenvalue weighted by Gasteiger charge is -2.16. The van der Waals surface area contributed by atoms with E-state index in [9.17, 15) is 4.79 Å². The fraction of sp³-hybridized carbons (Fsp3) is 0.400. The number of likely N-dealkylation sites (N-methyl/N-ethyl adjacent to an activating group) is 1. The molecule has 0 aliphatic carbocycles. The lowest BCUT2D eigenvalue weighted by atomic mass is 10.1. The van der Waals surface area contributed by atoms with Crippen molar-refractivity contribution < 1.29 is 9.21 Å². The highest BCUT2D eigenvalue weighted by Gasteiger charge is 2.30. The molecule has 0 saturated carbocycles. The van der Waals surface area contributed by atoms with Crippen LogP contribution in [0.15, 0.2) is 33.2 Å². The fourth-order valence-corrected chi connectivity index (χ4v) is 2.99. The first-order valence-corrected chi connectivity index (χ1v) is 7.54. The van der Waals surface area contributed by atoms with E-state index in [1.54, 1.807) is 4.90 Å². The zero-order valence-corrected chi connectivity index (χ0v) is 13.1. The van der Waals surface area contributed by atoms with Gasteiger partial charge in [0.25, 0.3) is 0 Å². The number of amides is 1. The van der Waals surface area contributed by atoms with Crippen molar-refractivity contribution in [2.75, 3.05) is 13.6 Å². The molecule has 2 aromatic rings. The van der Waals surface area contributed by atoms with Crippen LogP contribution < -0.4 is 5.32 Å². The molecule has 106 valence electrons. The molecule has 0 spiro atoms. The summed E-state index contributed by atoms with van der Waals surface area (Å²) >= 11 is 3.46. The van der Waals surface area contributed by atoms with Crippen LogP contribution in [0.5, 0.6) is 0 Å². The summed E-state index contributed by atoms with van der Waals surface area (Å²) < 4.78 is 6.88. The minimum Gasteiger partial charge on any atom is -0.459 e. The van der Waals surface area contributed by atoms with Crippen molar-refractivity contribution in [3.05, 3.63) is 34.5 Å². The van der Waals surface area contributed by atoms with Crippen molar-refractivity contribution in [3.8, 4) is 0 Å². The second kappa shape index (κ2) is 5.22. The van der Waals surface area contributed by atoms with E-state index in [0.29, 0.717) is 0 Å². The third kappa shape index (κ3) is 2.47. The summed E-state index contributed by atoms with van der Waals surface area (Å²) in [5.41, 5.74) is 0.867. The molecule has 1 aliphatic heterocycles. The second-order valence-corrected chi connectivity index (χ2v) is 6.24. The van der Waals surface area contributed by atoms with Crippen molar-refractivity contribution in [1.29, 1.82) is 0 Å². The smallest absolute Gasteiger partial charge is 0.239 e. The molecule has 1 amide bonds. The second-order valence-electron chi connectivity index (χ2n) is 5.32. The van der Waals surface area contributed by atoms with Crippen LogP contribution in [0.3, 0.4) is 0 Å². The van der Waals surface area contributed by atoms with Crippen LogP contribution in [0.1, 0.15) is 25.1 Å². The van der Waals surface area contributed by atoms with Crippen LogP contribution >= 0.6 is 15.9 Å². The predicted octanol–water partition coefficient (Wildman–Crippen LogP) is 3.08. The van der Waals surface area contributed by atoms with Gasteiger partial charge < -0.3 is 9.32 Å². The first-order chi connectivity index (χ1) is 9.54. The van der Waals surface area contributed by atoms with Gasteiger partial charge in [-0.05, 0) is 37.6 Å². The predicted molar refractivity (Wildman–Crippen MR) is 81.5 cm³/mol. The van der Waals surface area contributed by atoms with E-state index >= 15 is 0 Å². The van der Waals surface area contributed by atoms with Gasteiger partial charge >= 0.3 is 0 Å².